The van der Waals surface area contributed by atoms with Crippen LogP contribution in [0.3, 0.4) is 0 Å². The Kier molecular flexibility index (Phi) is 10.4. The number of benzene rings is 2. The van der Waals surface area contributed by atoms with Crippen LogP contribution in [0.5, 0.6) is 0 Å². The normalized spacial score (nSPS) is 20.1. The van der Waals surface area contributed by atoms with Gasteiger partial charge in [-0.05, 0) is 63.4 Å². The summed E-state index contributed by atoms with van der Waals surface area (Å²) in [5.41, 5.74) is 0.777. The molecule has 2 aromatic carbocycles. The van der Waals surface area contributed by atoms with Crippen LogP contribution in [0.25, 0.3) is 0 Å². The molecule has 3 rings (SSSR count). The average molecular weight is 572 g/mol. The first-order valence-corrected chi connectivity index (χ1v) is 17.1. The molecule has 40 heavy (non-hydrogen) atoms. The number of hydrogen-bond donors (Lipinski definition) is 2. The Morgan fingerprint density at radius 1 is 1.02 bits per heavy atom. The monoisotopic (exact) mass is 571 g/mol. The second-order valence-electron chi connectivity index (χ2n) is 13.3. The van der Waals surface area contributed by atoms with Crippen molar-refractivity contribution in [2.45, 2.75) is 115 Å². The number of nitrogens with one attached hydrogen (secondary N) is 1. The summed E-state index contributed by atoms with van der Waals surface area (Å²) < 4.78 is 25.6. The van der Waals surface area contributed by atoms with E-state index in [1.54, 1.807) is 13.8 Å². The van der Waals surface area contributed by atoms with Crippen molar-refractivity contribution in [1.82, 2.24) is 5.32 Å². The van der Waals surface area contributed by atoms with Gasteiger partial charge in [-0.25, -0.2) is 0 Å². The van der Waals surface area contributed by atoms with Crippen molar-refractivity contribution in [2.75, 3.05) is 6.61 Å². The lowest BCUT2D eigenvalue weighted by Gasteiger charge is -2.43. The third kappa shape index (κ3) is 8.96. The molecule has 0 aliphatic carbocycles. The molecule has 4 atom stereocenters. The third-order valence-corrected chi connectivity index (χ3v) is 12.4. The fraction of sp³-hybridized carbons (Fsp3) is 0.594. The summed E-state index contributed by atoms with van der Waals surface area (Å²) in [6.45, 7) is 18.4. The van der Waals surface area contributed by atoms with Crippen LogP contribution in [0.15, 0.2) is 60.7 Å². The zero-order valence-electron chi connectivity index (χ0n) is 25.7. The molecule has 1 amide bonds. The molecule has 1 aliphatic heterocycles. The minimum atomic E-state index is -2.38. The van der Waals surface area contributed by atoms with Gasteiger partial charge in [0, 0.05) is 0 Å². The molecular weight excluding hydrogens is 522 g/mol. The number of hydrogen-bond acceptors (Lipinski definition) is 6. The molecule has 2 aromatic rings. The standard InChI is InChI=1S/C32H49NO6Si/c1-30(2,3)40(8,9)39-27(25-22-37-32(6,7)38-25)28(36-21-24-18-14-11-15-19-24)29(34)33-26(31(4,5)35)20-23-16-12-10-13-17-23/h10-19,25-28,35H,20-22H2,1-9H3,(H,33,34)/t25-,26+,27-,28+/m1/s1. The summed E-state index contributed by atoms with van der Waals surface area (Å²) in [6, 6.07) is 19.0. The zero-order valence-corrected chi connectivity index (χ0v) is 26.7. The second kappa shape index (κ2) is 12.8. The van der Waals surface area contributed by atoms with Gasteiger partial charge in [-0.15, -0.1) is 0 Å². The Morgan fingerprint density at radius 3 is 2.05 bits per heavy atom. The number of amides is 1. The lowest BCUT2D eigenvalue weighted by Crippen LogP contribution is -2.60. The van der Waals surface area contributed by atoms with Gasteiger partial charge in [0.1, 0.15) is 12.2 Å². The molecule has 1 saturated heterocycles. The minimum Gasteiger partial charge on any atom is -0.408 e. The van der Waals surface area contributed by atoms with Crippen molar-refractivity contribution >= 4 is 14.2 Å². The maximum atomic E-state index is 14.2. The summed E-state index contributed by atoms with van der Waals surface area (Å²) in [5.74, 6) is -1.15. The molecule has 0 radical (unpaired) electrons. The van der Waals surface area contributed by atoms with E-state index in [0.29, 0.717) is 6.42 Å². The molecule has 0 unspecified atom stereocenters. The van der Waals surface area contributed by atoms with E-state index >= 15 is 0 Å². The topological polar surface area (TPSA) is 86.3 Å². The van der Waals surface area contributed by atoms with E-state index in [9.17, 15) is 9.90 Å². The molecular formula is C32H49NO6Si. The fourth-order valence-electron chi connectivity index (χ4n) is 4.39. The zero-order chi connectivity index (χ0) is 29.8. The Labute approximate surface area is 241 Å². The third-order valence-electron chi connectivity index (χ3n) is 7.91. The van der Waals surface area contributed by atoms with Crippen molar-refractivity contribution in [1.29, 1.82) is 0 Å². The molecule has 1 aliphatic rings. The first-order chi connectivity index (χ1) is 18.5. The molecule has 7 nitrogen and oxygen atoms in total. The largest absolute Gasteiger partial charge is 0.408 e. The summed E-state index contributed by atoms with van der Waals surface area (Å²) >= 11 is 0. The van der Waals surface area contributed by atoms with Crippen molar-refractivity contribution in [3.05, 3.63) is 71.8 Å². The van der Waals surface area contributed by atoms with Gasteiger partial charge in [-0.2, -0.15) is 0 Å². The van der Waals surface area contributed by atoms with E-state index in [-0.39, 0.29) is 24.2 Å². The predicted molar refractivity (Wildman–Crippen MR) is 160 cm³/mol. The molecule has 0 aromatic heterocycles. The van der Waals surface area contributed by atoms with E-state index in [4.69, 9.17) is 18.6 Å². The SMILES string of the molecule is CC1(C)OC[C@H]([C@@H](O[Si](C)(C)C(C)(C)C)[C@H](OCc2ccccc2)C(=O)N[C@@H](Cc2ccccc2)C(C)(C)O)O1. The summed E-state index contributed by atoms with van der Waals surface area (Å²) in [6.07, 6.45) is -1.76. The number of ether oxygens (including phenoxy) is 3. The second-order valence-corrected chi connectivity index (χ2v) is 18.1. The van der Waals surface area contributed by atoms with Gasteiger partial charge in [0.2, 0.25) is 0 Å². The molecule has 2 N–H and O–H groups in total. The van der Waals surface area contributed by atoms with Gasteiger partial charge in [0.25, 0.3) is 5.91 Å². The first kappa shape index (κ1) is 32.4. The highest BCUT2D eigenvalue weighted by atomic mass is 28.4. The fourth-order valence-corrected chi connectivity index (χ4v) is 5.70. The van der Waals surface area contributed by atoms with Crippen LogP contribution in [-0.2, 0) is 36.5 Å². The van der Waals surface area contributed by atoms with Crippen molar-refractivity contribution < 1.29 is 28.5 Å². The lowest BCUT2D eigenvalue weighted by molar-refractivity contribution is -0.171. The van der Waals surface area contributed by atoms with Crippen LogP contribution in [0.4, 0.5) is 0 Å². The van der Waals surface area contributed by atoms with E-state index in [0.717, 1.165) is 11.1 Å². The van der Waals surface area contributed by atoms with Crippen LogP contribution in [0.1, 0.15) is 59.6 Å². The van der Waals surface area contributed by atoms with Crippen LogP contribution in [-0.4, -0.2) is 61.7 Å². The number of aliphatic hydroxyl groups is 1. The van der Waals surface area contributed by atoms with Gasteiger partial charge in [0.15, 0.2) is 20.2 Å². The maximum absolute atomic E-state index is 14.2. The van der Waals surface area contributed by atoms with Gasteiger partial charge in [-0.3, -0.25) is 4.79 Å². The molecule has 0 spiro atoms. The Balaban J connectivity index is 1.97. The van der Waals surface area contributed by atoms with E-state index in [1.807, 2.05) is 74.5 Å². The highest BCUT2D eigenvalue weighted by molar-refractivity contribution is 6.74. The Hall–Kier alpha value is -2.07. The lowest BCUT2D eigenvalue weighted by atomic mass is 9.92. The predicted octanol–water partition coefficient (Wildman–Crippen LogP) is 5.61. The summed E-state index contributed by atoms with van der Waals surface area (Å²) in [4.78, 5) is 14.2. The molecule has 0 bridgehead atoms. The molecule has 8 heteroatoms. The minimum absolute atomic E-state index is 0.108. The highest BCUT2D eigenvalue weighted by Gasteiger charge is 2.49. The number of rotatable bonds is 12. The van der Waals surface area contributed by atoms with Crippen molar-refractivity contribution in [3.63, 3.8) is 0 Å². The van der Waals surface area contributed by atoms with Crippen molar-refractivity contribution in [3.8, 4) is 0 Å². The van der Waals surface area contributed by atoms with E-state index in [1.165, 1.54) is 0 Å². The molecule has 222 valence electrons. The molecule has 1 fully saturated rings. The first-order valence-electron chi connectivity index (χ1n) is 14.2. The van der Waals surface area contributed by atoms with E-state index in [2.05, 4.69) is 39.2 Å². The van der Waals surface area contributed by atoms with Crippen LogP contribution >= 0.6 is 0 Å². The highest BCUT2D eigenvalue weighted by Crippen LogP contribution is 2.40. The quantitative estimate of drug-likeness (QED) is 0.322. The Bertz CT molecular complexity index is 1080. The van der Waals surface area contributed by atoms with Crippen LogP contribution in [0, 0.1) is 0 Å². The van der Waals surface area contributed by atoms with Crippen LogP contribution < -0.4 is 5.32 Å². The number of carbonyl (C=O) groups is 1. The number of carbonyl (C=O) groups excluding carboxylic acids is 1. The van der Waals surface area contributed by atoms with Gasteiger partial charge in [-0.1, -0.05) is 81.4 Å². The summed E-state index contributed by atoms with van der Waals surface area (Å²) in [7, 11) is -2.38. The van der Waals surface area contributed by atoms with E-state index < -0.39 is 44.1 Å². The maximum Gasteiger partial charge on any atom is 0.252 e. The Morgan fingerprint density at radius 2 is 1.57 bits per heavy atom. The van der Waals surface area contributed by atoms with Gasteiger partial charge >= 0.3 is 0 Å². The molecule has 1 heterocycles. The van der Waals surface area contributed by atoms with Crippen LogP contribution in [0.2, 0.25) is 18.1 Å². The van der Waals surface area contributed by atoms with Gasteiger partial charge in [0.05, 0.1) is 24.9 Å². The molecule has 0 saturated carbocycles. The van der Waals surface area contributed by atoms with Gasteiger partial charge < -0.3 is 29.1 Å². The average Bonchev–Trinajstić information content (AvgIpc) is 3.22. The smallest absolute Gasteiger partial charge is 0.252 e. The van der Waals surface area contributed by atoms with Crippen molar-refractivity contribution in [2.24, 2.45) is 0 Å². The summed E-state index contributed by atoms with van der Waals surface area (Å²) in [5, 5.41) is 14.1.